The molecule has 1 saturated heterocycles. The highest BCUT2D eigenvalue weighted by atomic mass is 15.2. The summed E-state index contributed by atoms with van der Waals surface area (Å²) in [5.41, 5.74) is 5.22. The Kier molecular flexibility index (Phi) is 4.03. The van der Waals surface area contributed by atoms with Gasteiger partial charge in [-0.1, -0.05) is 6.07 Å². The van der Waals surface area contributed by atoms with Crippen molar-refractivity contribution in [3.8, 4) is 22.4 Å². The summed E-state index contributed by atoms with van der Waals surface area (Å²) in [5.74, 6) is 1.03. The van der Waals surface area contributed by atoms with E-state index in [1.165, 1.54) is 0 Å². The summed E-state index contributed by atoms with van der Waals surface area (Å²) in [5, 5.41) is 3.37. The SMILES string of the molecule is c1cncc(-c2ccc3ncc(-c4ccc(N5CCNCC5)nc4)n3c2)c1. The quantitative estimate of drug-likeness (QED) is 0.612. The number of pyridine rings is 3. The normalized spacial score (nSPS) is 14.6. The first-order chi connectivity index (χ1) is 13.4. The molecular weight excluding hydrogens is 336 g/mol. The Morgan fingerprint density at radius 3 is 2.48 bits per heavy atom. The van der Waals surface area contributed by atoms with Crippen molar-refractivity contribution in [2.75, 3.05) is 31.1 Å². The third kappa shape index (κ3) is 3.04. The van der Waals surface area contributed by atoms with Crippen LogP contribution >= 0.6 is 0 Å². The lowest BCUT2D eigenvalue weighted by Crippen LogP contribution is -2.43. The van der Waals surface area contributed by atoms with Crippen molar-refractivity contribution in [1.29, 1.82) is 0 Å². The number of nitrogens with one attached hydrogen (secondary N) is 1. The molecule has 0 spiro atoms. The molecule has 0 aromatic carbocycles. The van der Waals surface area contributed by atoms with Gasteiger partial charge >= 0.3 is 0 Å². The minimum Gasteiger partial charge on any atom is -0.354 e. The highest BCUT2D eigenvalue weighted by Gasteiger charge is 2.13. The highest BCUT2D eigenvalue weighted by Crippen LogP contribution is 2.25. The number of hydrogen-bond acceptors (Lipinski definition) is 5. The molecule has 0 unspecified atom stereocenters. The molecule has 0 atom stereocenters. The van der Waals surface area contributed by atoms with Crippen molar-refractivity contribution < 1.29 is 0 Å². The van der Waals surface area contributed by atoms with E-state index in [0.717, 1.165) is 60.0 Å². The van der Waals surface area contributed by atoms with Crippen LogP contribution < -0.4 is 10.2 Å². The Morgan fingerprint density at radius 2 is 1.70 bits per heavy atom. The fourth-order valence-electron chi connectivity index (χ4n) is 3.52. The van der Waals surface area contributed by atoms with E-state index in [2.05, 4.69) is 55.0 Å². The van der Waals surface area contributed by atoms with Crippen LogP contribution in [0.25, 0.3) is 28.0 Å². The molecule has 6 heteroatoms. The predicted molar refractivity (Wildman–Crippen MR) is 107 cm³/mol. The minimum atomic E-state index is 0.920. The number of rotatable bonds is 3. The molecule has 1 fully saturated rings. The third-order valence-electron chi connectivity index (χ3n) is 4.99. The molecule has 1 N–H and O–H groups in total. The summed E-state index contributed by atoms with van der Waals surface area (Å²) in [4.78, 5) is 15.8. The molecule has 1 aliphatic heterocycles. The van der Waals surface area contributed by atoms with Gasteiger partial charge in [-0.15, -0.1) is 0 Å². The summed E-state index contributed by atoms with van der Waals surface area (Å²) < 4.78 is 2.11. The van der Waals surface area contributed by atoms with Gasteiger partial charge in [-0.05, 0) is 30.3 Å². The first-order valence-corrected chi connectivity index (χ1v) is 9.18. The fourth-order valence-corrected chi connectivity index (χ4v) is 3.52. The monoisotopic (exact) mass is 356 g/mol. The molecular formula is C21H20N6. The first-order valence-electron chi connectivity index (χ1n) is 9.18. The second kappa shape index (κ2) is 6.81. The molecule has 27 heavy (non-hydrogen) atoms. The summed E-state index contributed by atoms with van der Waals surface area (Å²) >= 11 is 0. The lowest BCUT2D eigenvalue weighted by Gasteiger charge is -2.28. The average molecular weight is 356 g/mol. The average Bonchev–Trinajstić information content (AvgIpc) is 3.18. The van der Waals surface area contributed by atoms with Gasteiger partial charge in [0.25, 0.3) is 0 Å². The number of anilines is 1. The lowest BCUT2D eigenvalue weighted by molar-refractivity contribution is 0.585. The summed E-state index contributed by atoms with van der Waals surface area (Å²) in [6, 6.07) is 12.4. The third-order valence-corrected chi connectivity index (χ3v) is 4.99. The molecule has 0 amide bonds. The molecule has 4 aromatic heterocycles. The summed E-state index contributed by atoms with van der Waals surface area (Å²) in [6.07, 6.45) is 9.62. The van der Waals surface area contributed by atoms with Crippen LogP contribution in [0.2, 0.25) is 0 Å². The van der Waals surface area contributed by atoms with Gasteiger partial charge in [0.2, 0.25) is 0 Å². The van der Waals surface area contributed by atoms with Gasteiger partial charge in [-0.2, -0.15) is 0 Å². The van der Waals surface area contributed by atoms with Crippen LogP contribution in [0.15, 0.2) is 67.4 Å². The highest BCUT2D eigenvalue weighted by molar-refractivity contribution is 5.69. The van der Waals surface area contributed by atoms with Gasteiger partial charge in [0.15, 0.2) is 0 Å². The minimum absolute atomic E-state index is 0.920. The second-order valence-electron chi connectivity index (χ2n) is 6.67. The van der Waals surface area contributed by atoms with Crippen LogP contribution in [-0.2, 0) is 0 Å². The van der Waals surface area contributed by atoms with Crippen LogP contribution in [0.5, 0.6) is 0 Å². The van der Waals surface area contributed by atoms with Crippen LogP contribution in [0.1, 0.15) is 0 Å². The standard InChI is InChI=1S/C21H20N6/c1-2-16(12-23-7-1)18-4-6-21-25-14-19(27(21)15-18)17-3-5-20(24-13-17)26-10-8-22-9-11-26/h1-7,12-15,22H,8-11H2. The van der Waals surface area contributed by atoms with Crippen molar-refractivity contribution >= 4 is 11.5 Å². The number of piperazine rings is 1. The van der Waals surface area contributed by atoms with E-state index in [1.54, 1.807) is 6.20 Å². The van der Waals surface area contributed by atoms with Gasteiger partial charge in [-0.25, -0.2) is 9.97 Å². The maximum Gasteiger partial charge on any atom is 0.137 e. The van der Waals surface area contributed by atoms with Gasteiger partial charge < -0.3 is 10.2 Å². The molecule has 1 aliphatic rings. The number of nitrogens with zero attached hydrogens (tertiary/aromatic N) is 5. The number of aromatic nitrogens is 4. The molecule has 0 radical (unpaired) electrons. The lowest BCUT2D eigenvalue weighted by atomic mass is 10.1. The fraction of sp³-hybridized carbons (Fsp3) is 0.190. The van der Waals surface area contributed by atoms with Crippen LogP contribution in [0.4, 0.5) is 5.82 Å². The van der Waals surface area contributed by atoms with Crippen molar-refractivity contribution in [2.24, 2.45) is 0 Å². The molecule has 6 nitrogen and oxygen atoms in total. The number of fused-ring (bicyclic) bond motifs is 1. The van der Waals surface area contributed by atoms with E-state index in [4.69, 9.17) is 4.98 Å². The van der Waals surface area contributed by atoms with Crippen LogP contribution in [-0.4, -0.2) is 45.5 Å². The maximum absolute atomic E-state index is 4.69. The van der Waals surface area contributed by atoms with Crippen molar-refractivity contribution in [1.82, 2.24) is 24.7 Å². The summed E-state index contributed by atoms with van der Waals surface area (Å²) in [6.45, 7) is 4.01. The van der Waals surface area contributed by atoms with E-state index in [-0.39, 0.29) is 0 Å². The molecule has 0 bridgehead atoms. The largest absolute Gasteiger partial charge is 0.354 e. The smallest absolute Gasteiger partial charge is 0.137 e. The molecule has 0 saturated carbocycles. The Hall–Kier alpha value is -3.25. The van der Waals surface area contributed by atoms with Gasteiger partial charge in [0.1, 0.15) is 11.5 Å². The Balaban J connectivity index is 1.51. The van der Waals surface area contributed by atoms with Crippen LogP contribution in [0, 0.1) is 0 Å². The number of imidazole rings is 1. The van der Waals surface area contributed by atoms with Crippen molar-refractivity contribution in [3.05, 3.63) is 67.4 Å². The van der Waals surface area contributed by atoms with Gasteiger partial charge in [0.05, 0.1) is 11.9 Å². The summed E-state index contributed by atoms with van der Waals surface area (Å²) in [7, 11) is 0. The van der Waals surface area contributed by atoms with E-state index in [0.29, 0.717) is 0 Å². The van der Waals surface area contributed by atoms with Gasteiger partial charge in [-0.3, -0.25) is 9.38 Å². The van der Waals surface area contributed by atoms with E-state index in [1.807, 2.05) is 30.7 Å². The molecule has 0 aliphatic carbocycles. The Morgan fingerprint density at radius 1 is 0.815 bits per heavy atom. The molecule has 5 rings (SSSR count). The maximum atomic E-state index is 4.69. The van der Waals surface area contributed by atoms with Crippen LogP contribution in [0.3, 0.4) is 0 Å². The molecule has 4 aromatic rings. The first kappa shape index (κ1) is 16.0. The van der Waals surface area contributed by atoms with E-state index < -0.39 is 0 Å². The zero-order valence-electron chi connectivity index (χ0n) is 14.9. The zero-order chi connectivity index (χ0) is 18.1. The Bertz CT molecular complexity index is 1050. The van der Waals surface area contributed by atoms with Crippen molar-refractivity contribution in [2.45, 2.75) is 0 Å². The van der Waals surface area contributed by atoms with Crippen molar-refractivity contribution in [3.63, 3.8) is 0 Å². The van der Waals surface area contributed by atoms with E-state index in [9.17, 15) is 0 Å². The van der Waals surface area contributed by atoms with E-state index >= 15 is 0 Å². The molecule has 134 valence electrons. The Labute approximate surface area is 157 Å². The topological polar surface area (TPSA) is 58.4 Å². The number of hydrogen-bond donors (Lipinski definition) is 1. The molecule has 5 heterocycles. The second-order valence-corrected chi connectivity index (χ2v) is 6.67. The zero-order valence-corrected chi connectivity index (χ0v) is 14.9. The predicted octanol–water partition coefficient (Wildman–Crippen LogP) is 2.87. The van der Waals surface area contributed by atoms with Gasteiger partial charge in [0, 0.05) is 67.7 Å².